The quantitative estimate of drug-likeness (QED) is 0.0195. The van der Waals surface area contributed by atoms with E-state index in [0.29, 0.717) is 12.8 Å². The second-order valence-electron chi connectivity index (χ2n) is 21.4. The molecular formula is C65H115NO10. The summed E-state index contributed by atoms with van der Waals surface area (Å²) in [4.78, 5) is 26.5. The number of unbranched alkanes of at least 4 members (excludes halogenated alkanes) is 29. The largest absolute Gasteiger partial charge is 0.454 e. The SMILES string of the molecule is CCCCC/C=C\C/C=C\C/C=C\CCCCCCCCCCCCC(=O)OC1C(OCC(NC(=O)C(O)C/C=C/C/C=C\CCCCCCCC)C(O)/C=C/CCCCCCCCCCCC)OC(CO)C(O)C1O. The van der Waals surface area contributed by atoms with Gasteiger partial charge in [-0.3, -0.25) is 9.59 Å². The molecule has 0 radical (unpaired) electrons. The van der Waals surface area contributed by atoms with Gasteiger partial charge in [-0.05, 0) is 77.0 Å². The van der Waals surface area contributed by atoms with E-state index in [9.17, 15) is 35.1 Å². The third kappa shape index (κ3) is 40.3. The first kappa shape index (κ1) is 71.1. The fraction of sp³-hybridized carbons (Fsp3) is 0.785. The number of rotatable bonds is 52. The number of nitrogens with one attached hydrogen (secondary N) is 1. The van der Waals surface area contributed by atoms with Gasteiger partial charge in [0, 0.05) is 12.8 Å². The van der Waals surface area contributed by atoms with Crippen molar-refractivity contribution >= 4 is 11.9 Å². The number of aliphatic hydroxyl groups is 5. The summed E-state index contributed by atoms with van der Waals surface area (Å²) in [5.74, 6) is -1.27. The first-order valence-electron chi connectivity index (χ1n) is 31.2. The second kappa shape index (κ2) is 52.8. The number of carbonyl (C=O) groups excluding carboxylic acids is 2. The molecule has 0 spiro atoms. The normalized spacial score (nSPS) is 19.6. The van der Waals surface area contributed by atoms with E-state index in [2.05, 4.69) is 74.7 Å². The van der Waals surface area contributed by atoms with Crippen molar-refractivity contribution in [3.8, 4) is 0 Å². The molecule has 0 bridgehead atoms. The fourth-order valence-corrected chi connectivity index (χ4v) is 9.35. The van der Waals surface area contributed by atoms with E-state index in [-0.39, 0.29) is 19.4 Å². The fourth-order valence-electron chi connectivity index (χ4n) is 9.35. The predicted octanol–water partition coefficient (Wildman–Crippen LogP) is 14.8. The van der Waals surface area contributed by atoms with Crippen LogP contribution in [0.1, 0.15) is 265 Å². The van der Waals surface area contributed by atoms with Crippen LogP contribution >= 0.6 is 0 Å². The van der Waals surface area contributed by atoms with Crippen molar-refractivity contribution in [2.75, 3.05) is 13.2 Å². The molecule has 11 heteroatoms. The lowest BCUT2D eigenvalue weighted by molar-refractivity contribution is -0.305. The van der Waals surface area contributed by atoms with Crippen molar-refractivity contribution in [1.82, 2.24) is 5.32 Å². The van der Waals surface area contributed by atoms with Crippen molar-refractivity contribution in [2.45, 2.75) is 314 Å². The lowest BCUT2D eigenvalue weighted by atomic mass is 9.99. The van der Waals surface area contributed by atoms with Gasteiger partial charge in [0.25, 0.3) is 0 Å². The maximum Gasteiger partial charge on any atom is 0.306 e. The van der Waals surface area contributed by atoms with E-state index >= 15 is 0 Å². The first-order chi connectivity index (χ1) is 37.2. The highest BCUT2D eigenvalue weighted by atomic mass is 16.7. The van der Waals surface area contributed by atoms with Gasteiger partial charge in [0.15, 0.2) is 12.4 Å². The molecule has 440 valence electrons. The summed E-state index contributed by atoms with van der Waals surface area (Å²) in [6.07, 6.45) is 56.8. The Morgan fingerprint density at radius 2 is 0.908 bits per heavy atom. The van der Waals surface area contributed by atoms with Crippen LogP contribution in [0.4, 0.5) is 0 Å². The Morgan fingerprint density at radius 3 is 1.38 bits per heavy atom. The van der Waals surface area contributed by atoms with Gasteiger partial charge in [0.1, 0.15) is 24.4 Å². The molecule has 76 heavy (non-hydrogen) atoms. The Balaban J connectivity index is 2.65. The topological polar surface area (TPSA) is 175 Å². The summed E-state index contributed by atoms with van der Waals surface area (Å²) in [5.41, 5.74) is 0. The van der Waals surface area contributed by atoms with Crippen LogP contribution in [0.15, 0.2) is 72.9 Å². The molecule has 8 unspecified atom stereocenters. The molecule has 1 aliphatic rings. The summed E-state index contributed by atoms with van der Waals surface area (Å²) >= 11 is 0. The number of esters is 1. The molecule has 11 nitrogen and oxygen atoms in total. The van der Waals surface area contributed by atoms with E-state index < -0.39 is 67.4 Å². The Hall–Kier alpha value is -2.90. The standard InChI is InChI=1S/C65H115NO10/c1-4-7-10-13-16-19-22-25-26-27-28-29-30-31-32-33-34-35-38-41-44-47-50-53-60(70)76-63-62(72)61(71)59(54-67)75-65(63)74-55-56(57(68)51-48-45-42-39-36-23-20-17-14-11-8-5-2)66-64(73)58(69)52-49-46-43-40-37-24-21-18-15-12-9-6-3/h16,19,25-26,28-29,37,40,46,48-49,51,56-59,61-63,65,67-69,71-72H,4-15,17-18,20-24,27,30-36,38-39,41-45,47,50,52-55H2,1-3H3,(H,66,73)/b19-16-,26-25-,29-28-,40-37-,49-46+,51-48+. The van der Waals surface area contributed by atoms with Crippen molar-refractivity contribution in [3.63, 3.8) is 0 Å². The number of carbonyl (C=O) groups is 2. The molecule has 1 heterocycles. The van der Waals surface area contributed by atoms with E-state index in [4.69, 9.17) is 14.2 Å². The smallest absolute Gasteiger partial charge is 0.306 e. The van der Waals surface area contributed by atoms with E-state index in [1.165, 1.54) is 141 Å². The lowest BCUT2D eigenvalue weighted by Crippen LogP contribution is -2.61. The van der Waals surface area contributed by atoms with Crippen molar-refractivity contribution in [1.29, 1.82) is 0 Å². The van der Waals surface area contributed by atoms with E-state index in [0.717, 1.165) is 77.0 Å². The van der Waals surface area contributed by atoms with Crippen LogP contribution in [-0.4, -0.2) is 99.6 Å². The molecule has 1 amide bonds. The highest BCUT2D eigenvalue weighted by Gasteiger charge is 2.47. The van der Waals surface area contributed by atoms with Gasteiger partial charge in [-0.25, -0.2) is 0 Å². The van der Waals surface area contributed by atoms with E-state index in [1.807, 2.05) is 12.2 Å². The average molecular weight is 1070 g/mol. The molecule has 0 aromatic rings. The minimum atomic E-state index is -1.63. The van der Waals surface area contributed by atoms with Crippen molar-refractivity contribution in [2.24, 2.45) is 0 Å². The van der Waals surface area contributed by atoms with Gasteiger partial charge >= 0.3 is 5.97 Å². The zero-order valence-corrected chi connectivity index (χ0v) is 48.6. The van der Waals surface area contributed by atoms with Gasteiger partial charge in [-0.15, -0.1) is 0 Å². The van der Waals surface area contributed by atoms with Crippen LogP contribution in [0, 0.1) is 0 Å². The van der Waals surface area contributed by atoms with Crippen LogP contribution in [0.2, 0.25) is 0 Å². The van der Waals surface area contributed by atoms with Gasteiger partial charge in [-0.2, -0.15) is 0 Å². The Labute approximate surface area is 464 Å². The van der Waals surface area contributed by atoms with Gasteiger partial charge in [0.05, 0.1) is 25.4 Å². The van der Waals surface area contributed by atoms with Crippen molar-refractivity contribution < 1.29 is 49.3 Å². The highest BCUT2D eigenvalue weighted by Crippen LogP contribution is 2.26. The summed E-state index contributed by atoms with van der Waals surface area (Å²) in [6.45, 7) is 5.71. The predicted molar refractivity (Wildman–Crippen MR) is 315 cm³/mol. The van der Waals surface area contributed by atoms with Crippen LogP contribution in [0.25, 0.3) is 0 Å². The number of ether oxygens (including phenoxy) is 3. The third-order valence-electron chi connectivity index (χ3n) is 14.3. The highest BCUT2D eigenvalue weighted by molar-refractivity contribution is 5.81. The molecule has 8 atom stereocenters. The zero-order chi connectivity index (χ0) is 55.4. The van der Waals surface area contributed by atoms with Gasteiger partial charge < -0.3 is 45.1 Å². The Kier molecular flexibility index (Phi) is 49.4. The van der Waals surface area contributed by atoms with Crippen LogP contribution in [0.3, 0.4) is 0 Å². The minimum absolute atomic E-state index is 0.0802. The molecule has 1 rings (SSSR count). The molecule has 1 saturated heterocycles. The Morgan fingerprint density at radius 1 is 0.513 bits per heavy atom. The average Bonchev–Trinajstić information content (AvgIpc) is 3.42. The number of hydrogen-bond acceptors (Lipinski definition) is 10. The maximum atomic E-state index is 13.3. The van der Waals surface area contributed by atoms with Crippen LogP contribution < -0.4 is 5.32 Å². The molecule has 0 aromatic heterocycles. The summed E-state index contributed by atoms with van der Waals surface area (Å²) < 4.78 is 17.6. The minimum Gasteiger partial charge on any atom is -0.454 e. The van der Waals surface area contributed by atoms with Crippen LogP contribution in [-0.2, 0) is 23.8 Å². The molecule has 1 fully saturated rings. The third-order valence-corrected chi connectivity index (χ3v) is 14.3. The summed E-state index contributed by atoms with van der Waals surface area (Å²) in [5, 5.41) is 56.8. The lowest BCUT2D eigenvalue weighted by Gasteiger charge is -2.41. The second-order valence-corrected chi connectivity index (χ2v) is 21.4. The van der Waals surface area contributed by atoms with Gasteiger partial charge in [0.2, 0.25) is 5.91 Å². The number of amides is 1. The number of aliphatic hydroxyl groups excluding tert-OH is 5. The van der Waals surface area contributed by atoms with Crippen LogP contribution in [0.5, 0.6) is 0 Å². The maximum absolute atomic E-state index is 13.3. The number of hydrogen-bond donors (Lipinski definition) is 6. The molecular weight excluding hydrogens is 955 g/mol. The van der Waals surface area contributed by atoms with Crippen molar-refractivity contribution in [3.05, 3.63) is 72.9 Å². The molecule has 6 N–H and O–H groups in total. The molecule has 0 aliphatic carbocycles. The number of allylic oxidation sites excluding steroid dienone is 10. The molecule has 1 aliphatic heterocycles. The van der Waals surface area contributed by atoms with E-state index in [1.54, 1.807) is 12.2 Å². The summed E-state index contributed by atoms with van der Waals surface area (Å²) in [7, 11) is 0. The summed E-state index contributed by atoms with van der Waals surface area (Å²) in [6, 6.07) is -1.06. The van der Waals surface area contributed by atoms with Gasteiger partial charge in [-0.1, -0.05) is 248 Å². The first-order valence-corrected chi connectivity index (χ1v) is 31.2. The molecule has 0 saturated carbocycles. The monoisotopic (exact) mass is 1070 g/mol. The Bertz CT molecular complexity index is 1510. The zero-order valence-electron chi connectivity index (χ0n) is 48.6. The molecule has 0 aromatic carbocycles.